The average Bonchev–Trinajstić information content (AvgIpc) is 2.96. The molecule has 0 amide bonds. The number of benzene rings is 2. The maximum atomic E-state index is 5.87. The SMILES string of the molecule is Clc1ccc(SCc2nc(-c3ccc(Br)cc3)n[nH]2)cc1. The van der Waals surface area contributed by atoms with Crippen LogP contribution in [0.4, 0.5) is 0 Å². The van der Waals surface area contributed by atoms with Gasteiger partial charge in [-0.25, -0.2) is 4.98 Å². The van der Waals surface area contributed by atoms with Crippen molar-refractivity contribution >= 4 is 39.3 Å². The Labute approximate surface area is 140 Å². The van der Waals surface area contributed by atoms with E-state index >= 15 is 0 Å². The molecule has 0 bridgehead atoms. The van der Waals surface area contributed by atoms with Crippen molar-refractivity contribution in [2.45, 2.75) is 10.6 Å². The summed E-state index contributed by atoms with van der Waals surface area (Å²) in [7, 11) is 0. The molecule has 3 rings (SSSR count). The molecule has 3 nitrogen and oxygen atoms in total. The summed E-state index contributed by atoms with van der Waals surface area (Å²) in [6.45, 7) is 0. The van der Waals surface area contributed by atoms with Crippen LogP contribution in [-0.2, 0) is 5.75 Å². The first-order valence-corrected chi connectivity index (χ1v) is 8.42. The van der Waals surface area contributed by atoms with Crippen LogP contribution < -0.4 is 0 Å². The number of rotatable bonds is 4. The topological polar surface area (TPSA) is 41.6 Å². The summed E-state index contributed by atoms with van der Waals surface area (Å²) in [5.41, 5.74) is 0.997. The van der Waals surface area contributed by atoms with Crippen LogP contribution in [0.3, 0.4) is 0 Å². The molecule has 1 aromatic heterocycles. The van der Waals surface area contributed by atoms with Crippen molar-refractivity contribution in [3.63, 3.8) is 0 Å². The van der Waals surface area contributed by atoms with Gasteiger partial charge in [0.15, 0.2) is 5.82 Å². The van der Waals surface area contributed by atoms with Crippen molar-refractivity contribution in [1.29, 1.82) is 0 Å². The van der Waals surface area contributed by atoms with Crippen LogP contribution in [0, 0.1) is 0 Å². The molecule has 21 heavy (non-hydrogen) atoms. The van der Waals surface area contributed by atoms with Crippen LogP contribution in [-0.4, -0.2) is 15.2 Å². The number of hydrogen-bond donors (Lipinski definition) is 1. The molecule has 0 saturated heterocycles. The lowest BCUT2D eigenvalue weighted by Gasteiger charge is -1.98. The maximum Gasteiger partial charge on any atom is 0.181 e. The van der Waals surface area contributed by atoms with E-state index in [-0.39, 0.29) is 0 Å². The van der Waals surface area contributed by atoms with Crippen molar-refractivity contribution < 1.29 is 0 Å². The van der Waals surface area contributed by atoms with Gasteiger partial charge in [0.1, 0.15) is 5.82 Å². The van der Waals surface area contributed by atoms with Crippen molar-refractivity contribution in [2.24, 2.45) is 0 Å². The molecular weight excluding hydrogens is 370 g/mol. The smallest absolute Gasteiger partial charge is 0.181 e. The lowest BCUT2D eigenvalue weighted by atomic mass is 10.2. The normalized spacial score (nSPS) is 10.8. The minimum Gasteiger partial charge on any atom is -0.262 e. The number of aromatic amines is 1. The molecule has 0 saturated carbocycles. The Balaban J connectivity index is 1.67. The molecule has 0 aliphatic heterocycles. The molecule has 0 spiro atoms. The van der Waals surface area contributed by atoms with Gasteiger partial charge in [0.05, 0.1) is 5.75 Å². The van der Waals surface area contributed by atoms with E-state index in [1.54, 1.807) is 11.8 Å². The Morgan fingerprint density at radius 3 is 2.48 bits per heavy atom. The fraction of sp³-hybridized carbons (Fsp3) is 0.0667. The fourth-order valence-electron chi connectivity index (χ4n) is 1.77. The van der Waals surface area contributed by atoms with Gasteiger partial charge in [0, 0.05) is 20.0 Å². The van der Waals surface area contributed by atoms with Crippen molar-refractivity contribution in [2.75, 3.05) is 0 Å². The van der Waals surface area contributed by atoms with E-state index in [9.17, 15) is 0 Å². The Bertz CT molecular complexity index is 725. The van der Waals surface area contributed by atoms with Crippen LogP contribution in [0.25, 0.3) is 11.4 Å². The lowest BCUT2D eigenvalue weighted by Crippen LogP contribution is -1.84. The van der Waals surface area contributed by atoms with E-state index in [0.717, 1.165) is 31.5 Å². The molecule has 0 unspecified atom stereocenters. The predicted octanol–water partition coefficient (Wildman–Crippen LogP) is 5.18. The lowest BCUT2D eigenvalue weighted by molar-refractivity contribution is 1.03. The number of aromatic nitrogens is 3. The third-order valence-electron chi connectivity index (χ3n) is 2.82. The number of hydrogen-bond acceptors (Lipinski definition) is 3. The second-order valence-corrected chi connectivity index (χ2v) is 6.76. The standard InChI is InChI=1S/C15H11BrClN3S/c16-11-3-1-10(2-4-11)15-18-14(19-20-15)9-21-13-7-5-12(17)6-8-13/h1-8H,9H2,(H,18,19,20). The van der Waals surface area contributed by atoms with Gasteiger partial charge >= 0.3 is 0 Å². The van der Waals surface area contributed by atoms with E-state index in [0.29, 0.717) is 5.82 Å². The number of nitrogens with one attached hydrogen (secondary N) is 1. The monoisotopic (exact) mass is 379 g/mol. The molecule has 6 heteroatoms. The second kappa shape index (κ2) is 6.64. The summed E-state index contributed by atoms with van der Waals surface area (Å²) in [4.78, 5) is 5.67. The minimum atomic E-state index is 0.717. The molecule has 0 fully saturated rings. The third kappa shape index (κ3) is 3.87. The Morgan fingerprint density at radius 1 is 1.05 bits per heavy atom. The van der Waals surface area contributed by atoms with Gasteiger partial charge in [0.25, 0.3) is 0 Å². The fourth-order valence-corrected chi connectivity index (χ4v) is 2.92. The summed E-state index contributed by atoms with van der Waals surface area (Å²) in [6, 6.07) is 15.7. The van der Waals surface area contributed by atoms with Crippen LogP contribution in [0.5, 0.6) is 0 Å². The zero-order valence-corrected chi connectivity index (χ0v) is 14.0. The molecule has 0 aliphatic carbocycles. The Kier molecular flexibility index (Phi) is 4.63. The van der Waals surface area contributed by atoms with Gasteiger partial charge in [-0.05, 0) is 36.4 Å². The summed E-state index contributed by atoms with van der Waals surface area (Å²) in [6.07, 6.45) is 0. The van der Waals surface area contributed by atoms with Crippen LogP contribution in [0.15, 0.2) is 57.9 Å². The predicted molar refractivity (Wildman–Crippen MR) is 90.5 cm³/mol. The van der Waals surface area contributed by atoms with Gasteiger partial charge in [-0.2, -0.15) is 5.10 Å². The van der Waals surface area contributed by atoms with E-state index in [2.05, 4.69) is 31.1 Å². The molecule has 106 valence electrons. The first-order valence-electron chi connectivity index (χ1n) is 6.26. The minimum absolute atomic E-state index is 0.717. The first-order chi connectivity index (χ1) is 10.2. The van der Waals surface area contributed by atoms with E-state index in [4.69, 9.17) is 11.6 Å². The summed E-state index contributed by atoms with van der Waals surface area (Å²) in [5.74, 6) is 2.31. The molecule has 1 heterocycles. The average molecular weight is 381 g/mol. The molecule has 0 aliphatic rings. The number of thioether (sulfide) groups is 1. The number of H-pyrrole nitrogens is 1. The van der Waals surface area contributed by atoms with E-state index in [1.165, 1.54) is 0 Å². The van der Waals surface area contributed by atoms with Crippen LogP contribution >= 0.6 is 39.3 Å². The zero-order chi connectivity index (χ0) is 14.7. The van der Waals surface area contributed by atoms with Crippen molar-refractivity contribution in [3.05, 3.63) is 63.9 Å². The van der Waals surface area contributed by atoms with Gasteiger partial charge in [-0.15, -0.1) is 11.8 Å². The molecule has 3 aromatic rings. The van der Waals surface area contributed by atoms with Gasteiger partial charge in [-0.1, -0.05) is 39.7 Å². The van der Waals surface area contributed by atoms with Gasteiger partial charge in [-0.3, -0.25) is 5.10 Å². The molecule has 2 aromatic carbocycles. The highest BCUT2D eigenvalue weighted by Crippen LogP contribution is 2.24. The van der Waals surface area contributed by atoms with Gasteiger partial charge < -0.3 is 0 Å². The highest BCUT2D eigenvalue weighted by Gasteiger charge is 2.06. The van der Waals surface area contributed by atoms with E-state index < -0.39 is 0 Å². The molecule has 1 N–H and O–H groups in total. The number of nitrogens with zero attached hydrogens (tertiary/aromatic N) is 2. The summed E-state index contributed by atoms with van der Waals surface area (Å²) >= 11 is 11.0. The highest BCUT2D eigenvalue weighted by atomic mass is 79.9. The molecule has 0 radical (unpaired) electrons. The zero-order valence-electron chi connectivity index (χ0n) is 10.9. The summed E-state index contributed by atoms with van der Waals surface area (Å²) < 4.78 is 1.04. The molecule has 0 atom stereocenters. The van der Waals surface area contributed by atoms with Crippen LogP contribution in [0.2, 0.25) is 5.02 Å². The maximum absolute atomic E-state index is 5.87. The first kappa shape index (κ1) is 14.6. The van der Waals surface area contributed by atoms with Gasteiger partial charge in [0.2, 0.25) is 0 Å². The van der Waals surface area contributed by atoms with Crippen molar-refractivity contribution in [1.82, 2.24) is 15.2 Å². The number of halogens is 2. The van der Waals surface area contributed by atoms with Crippen LogP contribution in [0.1, 0.15) is 5.82 Å². The van der Waals surface area contributed by atoms with E-state index in [1.807, 2.05) is 48.5 Å². The van der Waals surface area contributed by atoms with Crippen molar-refractivity contribution in [3.8, 4) is 11.4 Å². The third-order valence-corrected chi connectivity index (χ3v) is 4.63. The highest BCUT2D eigenvalue weighted by molar-refractivity contribution is 9.10. The molecular formula is C15H11BrClN3S. The Hall–Kier alpha value is -1.30. The Morgan fingerprint density at radius 2 is 1.76 bits per heavy atom. The largest absolute Gasteiger partial charge is 0.262 e. The second-order valence-electron chi connectivity index (χ2n) is 4.36. The quantitative estimate of drug-likeness (QED) is 0.634. The summed E-state index contributed by atoms with van der Waals surface area (Å²) in [5, 5.41) is 7.98.